The van der Waals surface area contributed by atoms with Crippen LogP contribution in [0.1, 0.15) is 38.3 Å². The molecule has 0 spiro atoms. The fraction of sp³-hybridized carbons (Fsp3) is 0.241. The third-order valence-corrected chi connectivity index (χ3v) is 11.2. The van der Waals surface area contributed by atoms with Gasteiger partial charge in [0.05, 0.1) is 7.11 Å². The van der Waals surface area contributed by atoms with Crippen molar-refractivity contribution in [3.63, 3.8) is 0 Å². The lowest BCUT2D eigenvalue weighted by Gasteiger charge is -2.38. The molecule has 0 fully saturated rings. The second kappa shape index (κ2) is 8.36. The molecule has 2 heteroatoms. The van der Waals surface area contributed by atoms with Crippen molar-refractivity contribution in [1.29, 1.82) is 0 Å². The van der Waals surface area contributed by atoms with Crippen molar-refractivity contribution in [2.75, 3.05) is 7.11 Å². The highest BCUT2D eigenvalue weighted by Gasteiger charge is 2.46. The Morgan fingerprint density at radius 2 is 1.42 bits per heavy atom. The molecule has 0 heterocycles. The summed E-state index contributed by atoms with van der Waals surface area (Å²) in [7, 11) is -0.691. The molecule has 0 aliphatic heterocycles. The Morgan fingerprint density at radius 1 is 0.839 bits per heavy atom. The van der Waals surface area contributed by atoms with Gasteiger partial charge in [0, 0.05) is 0 Å². The lowest BCUT2D eigenvalue weighted by Crippen LogP contribution is -2.69. The summed E-state index contributed by atoms with van der Waals surface area (Å²) < 4.78 is 6.25. The van der Waals surface area contributed by atoms with Crippen LogP contribution in [0.3, 0.4) is 0 Å². The fourth-order valence-electron chi connectivity index (χ4n) is 4.95. The first-order valence-electron chi connectivity index (χ1n) is 11.1. The van der Waals surface area contributed by atoms with E-state index in [0.29, 0.717) is 0 Å². The molecule has 31 heavy (non-hydrogen) atoms. The molecule has 0 atom stereocenters. The van der Waals surface area contributed by atoms with E-state index < -0.39 is 8.07 Å². The second-order valence-electron chi connectivity index (χ2n) is 9.45. The quantitative estimate of drug-likeness (QED) is 0.404. The van der Waals surface area contributed by atoms with Gasteiger partial charge in [-0.1, -0.05) is 123 Å². The van der Waals surface area contributed by atoms with Crippen molar-refractivity contribution in [1.82, 2.24) is 0 Å². The Morgan fingerprint density at radius 3 is 1.87 bits per heavy atom. The lowest BCUT2D eigenvalue weighted by molar-refractivity contribution is 0.400. The van der Waals surface area contributed by atoms with E-state index in [1.54, 1.807) is 0 Å². The van der Waals surface area contributed by atoms with E-state index in [4.69, 9.17) is 4.74 Å². The maximum Gasteiger partial charge on any atom is 0.180 e. The van der Waals surface area contributed by atoms with Crippen molar-refractivity contribution in [2.45, 2.75) is 39.5 Å². The molecule has 0 aromatic heterocycles. The lowest BCUT2D eigenvalue weighted by atomic mass is 9.85. The van der Waals surface area contributed by atoms with Crippen LogP contribution in [0.4, 0.5) is 0 Å². The van der Waals surface area contributed by atoms with E-state index in [0.717, 1.165) is 12.2 Å². The van der Waals surface area contributed by atoms with Gasteiger partial charge in [0.25, 0.3) is 0 Å². The van der Waals surface area contributed by atoms with Crippen LogP contribution in [-0.4, -0.2) is 15.2 Å². The smallest absolute Gasteiger partial charge is 0.180 e. The molecule has 0 radical (unpaired) electrons. The van der Waals surface area contributed by atoms with Crippen LogP contribution in [0.15, 0.2) is 96.2 Å². The predicted octanol–water partition coefficient (Wildman–Crippen LogP) is 5.20. The monoisotopic (exact) mass is 424 g/mol. The van der Waals surface area contributed by atoms with E-state index in [-0.39, 0.29) is 5.41 Å². The first kappa shape index (κ1) is 21.4. The van der Waals surface area contributed by atoms with Gasteiger partial charge in [-0.3, -0.25) is 0 Å². The molecule has 1 aliphatic carbocycles. The summed E-state index contributed by atoms with van der Waals surface area (Å²) in [6, 6.07) is 26.9. The third kappa shape index (κ3) is 3.70. The first-order chi connectivity index (χ1) is 14.9. The standard InChI is InChI=1S/C29H32OSi/c1-22-20-26(29(2,3)4)28(30-5)27(21-22)31(25-18-12-13-19-25,23-14-8-6-9-15-23)24-16-10-7-11-17-24/h6-18,20-21H,19H2,1-5H3. The Bertz CT molecular complexity index is 1080. The van der Waals surface area contributed by atoms with E-state index in [9.17, 15) is 0 Å². The number of hydrogen-bond donors (Lipinski definition) is 0. The Balaban J connectivity index is 2.19. The van der Waals surface area contributed by atoms with Crippen molar-refractivity contribution >= 4 is 23.6 Å². The molecule has 0 amide bonds. The number of benzene rings is 3. The first-order valence-corrected chi connectivity index (χ1v) is 13.1. The summed E-state index contributed by atoms with van der Waals surface area (Å²) in [5, 5.41) is 5.67. The van der Waals surface area contributed by atoms with Crippen molar-refractivity contribution in [2.24, 2.45) is 0 Å². The molecule has 3 aromatic carbocycles. The molecule has 158 valence electrons. The van der Waals surface area contributed by atoms with Crippen LogP contribution in [-0.2, 0) is 5.41 Å². The van der Waals surface area contributed by atoms with E-state index in [1.165, 1.54) is 31.9 Å². The van der Waals surface area contributed by atoms with Gasteiger partial charge < -0.3 is 4.74 Å². The third-order valence-electron chi connectivity index (χ3n) is 6.32. The summed E-state index contributed by atoms with van der Waals surface area (Å²) >= 11 is 0. The van der Waals surface area contributed by atoms with Crippen LogP contribution in [0.2, 0.25) is 0 Å². The zero-order valence-corrected chi connectivity index (χ0v) is 20.3. The van der Waals surface area contributed by atoms with Crippen LogP contribution in [0.5, 0.6) is 5.75 Å². The van der Waals surface area contributed by atoms with Gasteiger partial charge in [-0.25, -0.2) is 0 Å². The van der Waals surface area contributed by atoms with Crippen LogP contribution in [0, 0.1) is 6.92 Å². The van der Waals surface area contributed by atoms with E-state index >= 15 is 0 Å². The van der Waals surface area contributed by atoms with Gasteiger partial charge in [0.2, 0.25) is 0 Å². The second-order valence-corrected chi connectivity index (χ2v) is 13.3. The maximum absolute atomic E-state index is 6.25. The van der Waals surface area contributed by atoms with E-state index in [2.05, 4.69) is 119 Å². The van der Waals surface area contributed by atoms with Crippen molar-refractivity contribution < 1.29 is 4.74 Å². The van der Waals surface area contributed by atoms with Gasteiger partial charge in [0.1, 0.15) is 5.75 Å². The summed E-state index contributed by atoms with van der Waals surface area (Å²) in [5.41, 5.74) is 2.55. The minimum atomic E-state index is -2.52. The summed E-state index contributed by atoms with van der Waals surface area (Å²) in [6.45, 7) is 9.05. The van der Waals surface area contributed by atoms with Gasteiger partial charge in [-0.05, 0) is 39.9 Å². The Hall–Kier alpha value is -2.84. The van der Waals surface area contributed by atoms with Gasteiger partial charge >= 0.3 is 0 Å². The Kier molecular flexibility index (Phi) is 5.77. The molecule has 0 saturated carbocycles. The molecular formula is C29H32OSi. The van der Waals surface area contributed by atoms with Crippen LogP contribution >= 0.6 is 0 Å². The summed E-state index contributed by atoms with van der Waals surface area (Å²) in [5.74, 6) is 1.05. The highest BCUT2D eigenvalue weighted by atomic mass is 28.3. The minimum absolute atomic E-state index is 0.0120. The zero-order valence-electron chi connectivity index (χ0n) is 19.3. The number of methoxy groups -OCH3 is 1. The number of aryl methyl sites for hydroxylation is 1. The van der Waals surface area contributed by atoms with E-state index in [1.807, 2.05) is 7.11 Å². The molecule has 0 unspecified atom stereocenters. The van der Waals surface area contributed by atoms with Crippen molar-refractivity contribution in [3.8, 4) is 5.75 Å². The van der Waals surface area contributed by atoms with Crippen LogP contribution < -0.4 is 20.3 Å². The predicted molar refractivity (Wildman–Crippen MR) is 136 cm³/mol. The summed E-state index contributed by atoms with van der Waals surface area (Å²) in [4.78, 5) is 0. The summed E-state index contributed by atoms with van der Waals surface area (Å²) in [6.07, 6.45) is 7.84. The molecule has 0 N–H and O–H groups in total. The highest BCUT2D eigenvalue weighted by Crippen LogP contribution is 2.35. The Labute approximate surface area is 188 Å². The zero-order chi connectivity index (χ0) is 22.1. The van der Waals surface area contributed by atoms with Crippen molar-refractivity contribution in [3.05, 3.63) is 107 Å². The van der Waals surface area contributed by atoms with Gasteiger partial charge in [0.15, 0.2) is 8.07 Å². The number of rotatable bonds is 5. The molecule has 1 nitrogen and oxygen atoms in total. The number of hydrogen-bond acceptors (Lipinski definition) is 1. The normalized spacial score (nSPS) is 13.9. The molecule has 0 bridgehead atoms. The van der Waals surface area contributed by atoms with Crippen LogP contribution in [0.25, 0.3) is 0 Å². The molecule has 4 rings (SSSR count). The average molecular weight is 425 g/mol. The molecule has 0 saturated heterocycles. The maximum atomic E-state index is 6.25. The molecule has 3 aromatic rings. The molecule has 1 aliphatic rings. The number of allylic oxidation sites excluding steroid dienone is 4. The van der Waals surface area contributed by atoms with Gasteiger partial charge in [-0.2, -0.15) is 0 Å². The average Bonchev–Trinajstić information content (AvgIpc) is 3.30. The largest absolute Gasteiger partial charge is 0.497 e. The SMILES string of the molecule is COc1c(C(C)(C)C)cc(C)cc1[Si](C1=CC=CC1)(c1ccccc1)c1ccccc1. The fourth-order valence-corrected chi connectivity index (χ4v) is 10.2. The molecular weight excluding hydrogens is 392 g/mol. The highest BCUT2D eigenvalue weighted by molar-refractivity contribution is 7.16. The van der Waals surface area contributed by atoms with Gasteiger partial charge in [-0.15, -0.1) is 0 Å². The number of ether oxygens (including phenoxy) is 1. The topological polar surface area (TPSA) is 9.23 Å². The minimum Gasteiger partial charge on any atom is -0.497 e.